The summed E-state index contributed by atoms with van der Waals surface area (Å²) in [5, 5.41) is 0. The summed E-state index contributed by atoms with van der Waals surface area (Å²) in [6, 6.07) is 4.56. The summed E-state index contributed by atoms with van der Waals surface area (Å²) in [7, 11) is 0. The van der Waals surface area contributed by atoms with E-state index in [0.717, 1.165) is 43.6 Å². The molecule has 4 nitrogen and oxygen atoms in total. The summed E-state index contributed by atoms with van der Waals surface area (Å²) in [5.74, 6) is 2.12. The average molecular weight is 292 g/mol. The van der Waals surface area contributed by atoms with Crippen molar-refractivity contribution >= 4 is 5.91 Å². The van der Waals surface area contributed by atoms with Crippen LogP contribution in [0.4, 0.5) is 0 Å². The lowest BCUT2D eigenvalue weighted by atomic mass is 10.0. The Morgan fingerprint density at radius 2 is 2.10 bits per heavy atom. The van der Waals surface area contributed by atoms with Gasteiger partial charge in [-0.15, -0.1) is 0 Å². The zero-order valence-electron chi connectivity index (χ0n) is 13.5. The van der Waals surface area contributed by atoms with Gasteiger partial charge >= 0.3 is 0 Å². The van der Waals surface area contributed by atoms with Gasteiger partial charge in [0.05, 0.1) is 6.54 Å². The molecule has 21 heavy (non-hydrogen) atoms. The topological polar surface area (TPSA) is 59.5 Å². The van der Waals surface area contributed by atoms with Crippen LogP contribution in [0.25, 0.3) is 0 Å². The highest BCUT2D eigenvalue weighted by atomic mass is 16.3. The molecule has 1 aromatic rings. The SMILES string of the molecule is Cc1ccc(CN(C(=O)C(C)CCCC(C)N)C2CC2)o1. The lowest BCUT2D eigenvalue weighted by Gasteiger charge is -2.25. The van der Waals surface area contributed by atoms with Crippen LogP contribution < -0.4 is 5.73 Å². The Morgan fingerprint density at radius 3 is 2.62 bits per heavy atom. The Labute approximate surface area is 127 Å². The van der Waals surface area contributed by atoms with Crippen LogP contribution in [0.3, 0.4) is 0 Å². The number of nitrogens with two attached hydrogens (primary N) is 1. The summed E-state index contributed by atoms with van der Waals surface area (Å²) in [6.07, 6.45) is 5.16. The molecule has 2 rings (SSSR count). The highest BCUT2D eigenvalue weighted by Gasteiger charge is 2.34. The predicted molar refractivity (Wildman–Crippen MR) is 83.7 cm³/mol. The van der Waals surface area contributed by atoms with E-state index in [-0.39, 0.29) is 17.9 Å². The Bertz CT molecular complexity index is 463. The van der Waals surface area contributed by atoms with E-state index < -0.39 is 0 Å². The van der Waals surface area contributed by atoms with E-state index in [1.54, 1.807) is 0 Å². The fourth-order valence-electron chi connectivity index (χ4n) is 2.66. The second-order valence-corrected chi connectivity index (χ2v) is 6.52. The Morgan fingerprint density at radius 1 is 1.38 bits per heavy atom. The van der Waals surface area contributed by atoms with Gasteiger partial charge in [0.2, 0.25) is 5.91 Å². The molecule has 0 saturated heterocycles. The molecule has 1 amide bonds. The third-order valence-electron chi connectivity index (χ3n) is 4.11. The number of nitrogens with zero attached hydrogens (tertiary/aromatic N) is 1. The molecule has 0 bridgehead atoms. The van der Waals surface area contributed by atoms with Crippen LogP contribution in [-0.2, 0) is 11.3 Å². The second kappa shape index (κ2) is 7.12. The number of furan rings is 1. The van der Waals surface area contributed by atoms with E-state index in [1.807, 2.05) is 37.8 Å². The van der Waals surface area contributed by atoms with E-state index in [9.17, 15) is 4.79 Å². The van der Waals surface area contributed by atoms with Crippen molar-refractivity contribution < 1.29 is 9.21 Å². The number of amides is 1. The highest BCUT2D eigenvalue weighted by molar-refractivity contribution is 5.79. The van der Waals surface area contributed by atoms with Gasteiger partial charge in [0.25, 0.3) is 0 Å². The molecule has 1 saturated carbocycles. The molecule has 1 aromatic heterocycles. The molecule has 2 N–H and O–H groups in total. The summed E-state index contributed by atoms with van der Waals surface area (Å²) in [5.41, 5.74) is 5.77. The summed E-state index contributed by atoms with van der Waals surface area (Å²) >= 11 is 0. The minimum atomic E-state index is 0.0698. The summed E-state index contributed by atoms with van der Waals surface area (Å²) in [4.78, 5) is 14.7. The number of carbonyl (C=O) groups is 1. The minimum absolute atomic E-state index is 0.0698. The van der Waals surface area contributed by atoms with Crippen molar-refractivity contribution in [3.05, 3.63) is 23.7 Å². The molecule has 1 heterocycles. The zero-order chi connectivity index (χ0) is 15.4. The van der Waals surface area contributed by atoms with Crippen LogP contribution >= 0.6 is 0 Å². The average Bonchev–Trinajstić information content (AvgIpc) is 3.18. The van der Waals surface area contributed by atoms with E-state index in [2.05, 4.69) is 0 Å². The van der Waals surface area contributed by atoms with Crippen molar-refractivity contribution in [3.63, 3.8) is 0 Å². The molecule has 0 spiro atoms. The maximum absolute atomic E-state index is 12.7. The fourth-order valence-corrected chi connectivity index (χ4v) is 2.66. The number of hydrogen-bond acceptors (Lipinski definition) is 3. The van der Waals surface area contributed by atoms with Gasteiger partial charge in [-0.2, -0.15) is 0 Å². The lowest BCUT2D eigenvalue weighted by Crippen LogP contribution is -2.36. The normalized spacial score (nSPS) is 17.5. The van der Waals surface area contributed by atoms with Gasteiger partial charge < -0.3 is 15.1 Å². The molecule has 118 valence electrons. The second-order valence-electron chi connectivity index (χ2n) is 6.52. The van der Waals surface area contributed by atoms with Gasteiger partial charge in [-0.25, -0.2) is 0 Å². The van der Waals surface area contributed by atoms with Crippen molar-refractivity contribution in [3.8, 4) is 0 Å². The first kappa shape index (κ1) is 16.1. The maximum atomic E-state index is 12.7. The van der Waals surface area contributed by atoms with Gasteiger partial charge in [0, 0.05) is 18.0 Å². The summed E-state index contributed by atoms with van der Waals surface area (Å²) < 4.78 is 5.62. The van der Waals surface area contributed by atoms with Gasteiger partial charge in [-0.05, 0) is 51.7 Å². The summed E-state index contributed by atoms with van der Waals surface area (Å²) in [6.45, 7) is 6.59. The number of hydrogen-bond donors (Lipinski definition) is 1. The van der Waals surface area contributed by atoms with Crippen molar-refractivity contribution in [2.45, 2.75) is 71.5 Å². The maximum Gasteiger partial charge on any atom is 0.226 e. The third-order valence-corrected chi connectivity index (χ3v) is 4.11. The first-order valence-corrected chi connectivity index (χ1v) is 8.08. The molecule has 1 fully saturated rings. The molecule has 1 aliphatic carbocycles. The van der Waals surface area contributed by atoms with E-state index in [1.165, 1.54) is 0 Å². The Kier molecular flexibility index (Phi) is 5.45. The van der Waals surface area contributed by atoms with E-state index in [4.69, 9.17) is 10.2 Å². The molecule has 1 aliphatic rings. The van der Waals surface area contributed by atoms with Crippen LogP contribution in [0.2, 0.25) is 0 Å². The molecule has 2 unspecified atom stereocenters. The molecule has 4 heteroatoms. The van der Waals surface area contributed by atoms with Crippen molar-refractivity contribution in [2.75, 3.05) is 0 Å². The van der Waals surface area contributed by atoms with E-state index >= 15 is 0 Å². The first-order valence-electron chi connectivity index (χ1n) is 8.08. The molecule has 0 aliphatic heterocycles. The zero-order valence-corrected chi connectivity index (χ0v) is 13.5. The third kappa shape index (κ3) is 4.88. The van der Waals surface area contributed by atoms with Crippen LogP contribution in [0.1, 0.15) is 57.5 Å². The number of rotatable bonds is 8. The monoisotopic (exact) mass is 292 g/mol. The van der Waals surface area contributed by atoms with Crippen molar-refractivity contribution in [1.29, 1.82) is 0 Å². The van der Waals surface area contributed by atoms with Gasteiger partial charge in [-0.1, -0.05) is 13.3 Å². The Balaban J connectivity index is 1.89. The van der Waals surface area contributed by atoms with Crippen molar-refractivity contribution in [1.82, 2.24) is 4.90 Å². The molecular weight excluding hydrogens is 264 g/mol. The fraction of sp³-hybridized carbons (Fsp3) is 0.706. The number of carbonyl (C=O) groups excluding carboxylic acids is 1. The largest absolute Gasteiger partial charge is 0.464 e. The lowest BCUT2D eigenvalue weighted by molar-refractivity contribution is -0.136. The first-order chi connectivity index (χ1) is 9.97. The van der Waals surface area contributed by atoms with Crippen LogP contribution in [0.15, 0.2) is 16.5 Å². The smallest absolute Gasteiger partial charge is 0.226 e. The molecule has 2 atom stereocenters. The molecule has 0 radical (unpaired) electrons. The Hall–Kier alpha value is -1.29. The van der Waals surface area contributed by atoms with Crippen LogP contribution in [-0.4, -0.2) is 22.9 Å². The van der Waals surface area contributed by atoms with Crippen LogP contribution in [0, 0.1) is 12.8 Å². The molecule has 0 aromatic carbocycles. The van der Waals surface area contributed by atoms with Gasteiger partial charge in [0.15, 0.2) is 0 Å². The quantitative estimate of drug-likeness (QED) is 0.800. The van der Waals surface area contributed by atoms with Gasteiger partial charge in [-0.3, -0.25) is 4.79 Å². The van der Waals surface area contributed by atoms with Crippen LogP contribution in [0.5, 0.6) is 0 Å². The number of aryl methyl sites for hydroxylation is 1. The standard InChI is InChI=1S/C17H28N2O2/c1-12(5-4-6-13(2)18)17(20)19(15-8-9-15)11-16-10-7-14(3)21-16/h7,10,12-13,15H,4-6,8-9,11,18H2,1-3H3. The minimum Gasteiger partial charge on any atom is -0.464 e. The van der Waals surface area contributed by atoms with Crippen molar-refractivity contribution in [2.24, 2.45) is 11.7 Å². The predicted octanol–water partition coefficient (Wildman–Crippen LogP) is 3.23. The van der Waals surface area contributed by atoms with E-state index in [0.29, 0.717) is 12.6 Å². The highest BCUT2D eigenvalue weighted by Crippen LogP contribution is 2.30. The molecular formula is C17H28N2O2. The van der Waals surface area contributed by atoms with Gasteiger partial charge in [0.1, 0.15) is 11.5 Å².